The van der Waals surface area contributed by atoms with E-state index in [1.54, 1.807) is 43.5 Å². The molecule has 0 saturated heterocycles. The maximum Gasteiger partial charge on any atom is 0.349 e. The summed E-state index contributed by atoms with van der Waals surface area (Å²) in [4.78, 5) is 24.0. The number of hydrogen-bond donors (Lipinski definition) is 1. The second-order valence-corrected chi connectivity index (χ2v) is 6.77. The van der Waals surface area contributed by atoms with Gasteiger partial charge in [-0.1, -0.05) is 12.1 Å². The molecular weight excluding hydrogens is 459 g/mol. The minimum atomic E-state index is -0.859. The molecule has 2 aromatic rings. The van der Waals surface area contributed by atoms with Crippen molar-refractivity contribution >= 4 is 46.2 Å². The van der Waals surface area contributed by atoms with E-state index in [4.69, 9.17) is 9.47 Å². The lowest BCUT2D eigenvalue weighted by Gasteiger charge is -2.09. The molecule has 138 valence electrons. The first-order valence-electron chi connectivity index (χ1n) is 7.92. The highest BCUT2D eigenvalue weighted by Gasteiger charge is 2.14. The van der Waals surface area contributed by atoms with Crippen molar-refractivity contribution in [1.82, 2.24) is 0 Å². The van der Waals surface area contributed by atoms with E-state index in [9.17, 15) is 14.9 Å². The van der Waals surface area contributed by atoms with E-state index in [-0.39, 0.29) is 5.57 Å². The van der Waals surface area contributed by atoms with Crippen molar-refractivity contribution in [2.24, 2.45) is 0 Å². The third-order valence-corrected chi connectivity index (χ3v) is 4.24. The van der Waals surface area contributed by atoms with Crippen LogP contribution in [0.1, 0.15) is 11.1 Å². The molecular formula is C20H17IN2O4. The zero-order chi connectivity index (χ0) is 19.8. The Hall–Kier alpha value is -2.86. The number of nitriles is 1. The molecule has 27 heavy (non-hydrogen) atoms. The van der Waals surface area contributed by atoms with E-state index in [1.165, 1.54) is 6.08 Å². The molecule has 2 rings (SSSR count). The molecule has 0 radical (unpaired) electrons. The fraction of sp³-hybridized carbons (Fsp3) is 0.150. The predicted molar refractivity (Wildman–Crippen MR) is 110 cm³/mol. The lowest BCUT2D eigenvalue weighted by Crippen LogP contribution is -2.21. The lowest BCUT2D eigenvalue weighted by atomic mass is 10.1. The SMILES string of the molecule is COc1ccc(C=C(C#N)C(=O)OCC(=O)Nc2ccc(I)cc2C)cc1. The second kappa shape index (κ2) is 9.73. The molecule has 0 bridgehead atoms. The summed E-state index contributed by atoms with van der Waals surface area (Å²) < 4.78 is 11.0. The molecule has 0 spiro atoms. The summed E-state index contributed by atoms with van der Waals surface area (Å²) in [7, 11) is 1.55. The topological polar surface area (TPSA) is 88.4 Å². The number of ether oxygens (including phenoxy) is 2. The number of methoxy groups -OCH3 is 1. The standard InChI is InChI=1S/C20H17IN2O4/c1-13-9-16(21)5-8-18(13)23-19(24)12-27-20(25)15(11-22)10-14-3-6-17(26-2)7-4-14/h3-10H,12H2,1-2H3,(H,23,24). The Morgan fingerprint density at radius 2 is 1.93 bits per heavy atom. The van der Waals surface area contributed by atoms with Crippen molar-refractivity contribution in [3.63, 3.8) is 0 Å². The van der Waals surface area contributed by atoms with E-state index >= 15 is 0 Å². The van der Waals surface area contributed by atoms with Gasteiger partial charge in [0.2, 0.25) is 0 Å². The number of halogens is 1. The number of anilines is 1. The van der Waals surface area contributed by atoms with Crippen molar-refractivity contribution in [3.8, 4) is 11.8 Å². The first-order chi connectivity index (χ1) is 12.9. The van der Waals surface area contributed by atoms with Gasteiger partial charge in [0.15, 0.2) is 6.61 Å². The summed E-state index contributed by atoms with van der Waals surface area (Å²) in [5.74, 6) is -0.673. The van der Waals surface area contributed by atoms with Crippen molar-refractivity contribution in [2.45, 2.75) is 6.92 Å². The van der Waals surface area contributed by atoms with E-state index in [0.29, 0.717) is 17.0 Å². The third kappa shape index (κ3) is 6.11. The molecule has 0 aliphatic carbocycles. The van der Waals surface area contributed by atoms with Crippen LogP contribution in [0.2, 0.25) is 0 Å². The summed E-state index contributed by atoms with van der Waals surface area (Å²) in [6.07, 6.45) is 1.39. The Morgan fingerprint density at radius 3 is 2.52 bits per heavy atom. The normalized spacial score (nSPS) is 10.7. The van der Waals surface area contributed by atoms with Crippen LogP contribution in [0.5, 0.6) is 5.75 Å². The molecule has 0 aromatic heterocycles. The Morgan fingerprint density at radius 1 is 1.22 bits per heavy atom. The van der Waals surface area contributed by atoms with Crippen LogP contribution in [0.25, 0.3) is 6.08 Å². The summed E-state index contributed by atoms with van der Waals surface area (Å²) in [6, 6.07) is 14.2. The molecule has 0 aliphatic rings. The van der Waals surface area contributed by atoms with E-state index in [1.807, 2.05) is 19.1 Å². The Bertz CT molecular complexity index is 915. The van der Waals surface area contributed by atoms with E-state index in [0.717, 1.165) is 9.13 Å². The smallest absolute Gasteiger partial charge is 0.349 e. The van der Waals surface area contributed by atoms with Crippen LogP contribution >= 0.6 is 22.6 Å². The maximum absolute atomic E-state index is 12.1. The Labute approximate surface area is 170 Å². The summed E-state index contributed by atoms with van der Waals surface area (Å²) in [5, 5.41) is 11.9. The first kappa shape index (κ1) is 20.5. The summed E-state index contributed by atoms with van der Waals surface area (Å²) in [6.45, 7) is 1.39. The number of nitrogens with one attached hydrogen (secondary N) is 1. The van der Waals surface area contributed by atoms with Gasteiger partial charge in [-0.2, -0.15) is 5.26 Å². The zero-order valence-corrected chi connectivity index (χ0v) is 16.9. The van der Waals surface area contributed by atoms with Gasteiger partial charge in [0.05, 0.1) is 7.11 Å². The first-order valence-corrected chi connectivity index (χ1v) is 9.00. The molecule has 0 heterocycles. The molecule has 0 aliphatic heterocycles. The fourth-order valence-electron chi connectivity index (χ4n) is 2.17. The second-order valence-electron chi connectivity index (χ2n) is 5.53. The average Bonchev–Trinajstić information content (AvgIpc) is 2.67. The summed E-state index contributed by atoms with van der Waals surface area (Å²) >= 11 is 2.18. The van der Waals surface area contributed by atoms with Crippen LogP contribution in [-0.2, 0) is 14.3 Å². The Balaban J connectivity index is 1.96. The quantitative estimate of drug-likeness (QED) is 0.298. The number of esters is 1. The molecule has 0 unspecified atom stereocenters. The number of nitrogens with zero attached hydrogens (tertiary/aromatic N) is 1. The number of carbonyl (C=O) groups is 2. The van der Waals surface area contributed by atoms with Crippen LogP contribution < -0.4 is 10.1 Å². The van der Waals surface area contributed by atoms with E-state index in [2.05, 4.69) is 27.9 Å². The van der Waals surface area contributed by atoms with Gasteiger partial charge in [-0.05, 0) is 77.0 Å². The molecule has 7 heteroatoms. The van der Waals surface area contributed by atoms with Gasteiger partial charge >= 0.3 is 5.97 Å². The maximum atomic E-state index is 12.1. The number of aryl methyl sites for hydroxylation is 1. The van der Waals surface area contributed by atoms with Crippen molar-refractivity contribution < 1.29 is 19.1 Å². The predicted octanol–water partition coefficient (Wildman–Crippen LogP) is 3.70. The monoisotopic (exact) mass is 476 g/mol. The molecule has 0 atom stereocenters. The van der Waals surface area contributed by atoms with Crippen molar-refractivity contribution in [2.75, 3.05) is 19.0 Å². The largest absolute Gasteiger partial charge is 0.497 e. The van der Waals surface area contributed by atoms with Gasteiger partial charge in [0.1, 0.15) is 17.4 Å². The highest BCUT2D eigenvalue weighted by molar-refractivity contribution is 14.1. The van der Waals surface area contributed by atoms with Crippen LogP contribution in [0, 0.1) is 21.8 Å². The number of amides is 1. The minimum Gasteiger partial charge on any atom is -0.497 e. The third-order valence-electron chi connectivity index (χ3n) is 3.56. The zero-order valence-electron chi connectivity index (χ0n) is 14.8. The van der Waals surface area contributed by atoms with Crippen LogP contribution in [0.3, 0.4) is 0 Å². The highest BCUT2D eigenvalue weighted by Crippen LogP contribution is 2.18. The van der Waals surface area contributed by atoms with Gasteiger partial charge in [0.25, 0.3) is 5.91 Å². The number of rotatable bonds is 6. The van der Waals surface area contributed by atoms with Gasteiger partial charge in [0, 0.05) is 9.26 Å². The van der Waals surface area contributed by atoms with Crippen molar-refractivity contribution in [1.29, 1.82) is 5.26 Å². The van der Waals surface area contributed by atoms with Crippen molar-refractivity contribution in [3.05, 3.63) is 62.7 Å². The molecule has 0 saturated carbocycles. The average molecular weight is 476 g/mol. The van der Waals surface area contributed by atoms with Gasteiger partial charge in [-0.25, -0.2) is 4.79 Å². The van der Waals surface area contributed by atoms with Gasteiger partial charge < -0.3 is 14.8 Å². The summed E-state index contributed by atoms with van der Waals surface area (Å²) in [5.41, 5.74) is 1.99. The minimum absolute atomic E-state index is 0.196. The number of carbonyl (C=O) groups excluding carboxylic acids is 2. The van der Waals surface area contributed by atoms with Crippen LogP contribution in [0.4, 0.5) is 5.69 Å². The van der Waals surface area contributed by atoms with Crippen LogP contribution in [0.15, 0.2) is 48.0 Å². The molecule has 1 amide bonds. The fourth-order valence-corrected chi connectivity index (χ4v) is 2.81. The number of hydrogen-bond acceptors (Lipinski definition) is 5. The van der Waals surface area contributed by atoms with Gasteiger partial charge in [-0.15, -0.1) is 0 Å². The highest BCUT2D eigenvalue weighted by atomic mass is 127. The van der Waals surface area contributed by atoms with Crippen LogP contribution in [-0.4, -0.2) is 25.6 Å². The molecule has 0 fully saturated rings. The van der Waals surface area contributed by atoms with E-state index < -0.39 is 18.5 Å². The molecule has 1 N–H and O–H groups in total. The lowest BCUT2D eigenvalue weighted by molar-refractivity contribution is -0.142. The molecule has 2 aromatic carbocycles. The molecule has 6 nitrogen and oxygen atoms in total. The van der Waals surface area contributed by atoms with Gasteiger partial charge in [-0.3, -0.25) is 4.79 Å². The number of benzene rings is 2. The Kier molecular flexibility index (Phi) is 7.37.